The molecule has 9 heteroatoms. The van der Waals surface area contributed by atoms with Crippen molar-refractivity contribution in [3.05, 3.63) is 82.9 Å². The van der Waals surface area contributed by atoms with Crippen LogP contribution in [0.2, 0.25) is 0 Å². The van der Waals surface area contributed by atoms with E-state index in [1.807, 2.05) is 35.6 Å². The van der Waals surface area contributed by atoms with E-state index in [9.17, 15) is 18.8 Å². The van der Waals surface area contributed by atoms with Crippen LogP contribution in [-0.4, -0.2) is 34.3 Å². The number of esters is 1. The van der Waals surface area contributed by atoms with Gasteiger partial charge in [-0.25, -0.2) is 14.0 Å². The van der Waals surface area contributed by atoms with Crippen molar-refractivity contribution in [3.63, 3.8) is 0 Å². The minimum atomic E-state index is -0.936. The Hall–Kier alpha value is -4.01. The summed E-state index contributed by atoms with van der Waals surface area (Å²) in [6.07, 6.45) is 0. The highest BCUT2D eigenvalue weighted by atomic mass is 19.1. The zero-order valence-electron chi connectivity index (χ0n) is 17.0. The van der Waals surface area contributed by atoms with Gasteiger partial charge in [0.1, 0.15) is 11.4 Å². The number of aryl methyl sites for hydroxylation is 1. The Morgan fingerprint density at radius 2 is 1.71 bits per heavy atom. The molecular weight excluding hydrogens is 403 g/mol. The number of aromatic nitrogens is 2. The van der Waals surface area contributed by atoms with E-state index in [2.05, 4.69) is 10.4 Å². The van der Waals surface area contributed by atoms with E-state index in [0.29, 0.717) is 17.9 Å². The lowest BCUT2D eigenvalue weighted by Crippen LogP contribution is -2.37. The van der Waals surface area contributed by atoms with Crippen LogP contribution in [0.3, 0.4) is 0 Å². The molecule has 0 aliphatic carbocycles. The van der Waals surface area contributed by atoms with Gasteiger partial charge in [0.2, 0.25) is 0 Å². The molecule has 0 bridgehead atoms. The zero-order valence-corrected chi connectivity index (χ0v) is 17.0. The van der Waals surface area contributed by atoms with E-state index in [1.54, 1.807) is 18.5 Å². The van der Waals surface area contributed by atoms with Gasteiger partial charge in [0.25, 0.3) is 5.91 Å². The number of para-hydroxylation sites is 1. The number of anilines is 1. The summed E-state index contributed by atoms with van der Waals surface area (Å²) >= 11 is 0. The van der Waals surface area contributed by atoms with Gasteiger partial charge in [-0.1, -0.05) is 42.5 Å². The molecule has 0 unspecified atom stereocenters. The molecule has 0 saturated carbocycles. The highest BCUT2D eigenvalue weighted by Crippen LogP contribution is 2.16. The summed E-state index contributed by atoms with van der Waals surface area (Å²) in [5, 5.41) is 8.55. The predicted octanol–water partition coefficient (Wildman–Crippen LogP) is 3.19. The molecule has 0 fully saturated rings. The lowest BCUT2D eigenvalue weighted by atomic mass is 10.2. The molecule has 2 aromatic carbocycles. The number of imide groups is 1. The van der Waals surface area contributed by atoms with Crippen LogP contribution in [-0.2, 0) is 16.1 Å². The molecule has 3 aromatic rings. The Balaban J connectivity index is 1.56. The van der Waals surface area contributed by atoms with Crippen LogP contribution in [0.5, 0.6) is 0 Å². The summed E-state index contributed by atoms with van der Waals surface area (Å²) in [7, 11) is 0. The van der Waals surface area contributed by atoms with Gasteiger partial charge < -0.3 is 10.1 Å². The molecular formula is C22H21FN4O4. The van der Waals surface area contributed by atoms with Gasteiger partial charge in [-0.2, -0.15) is 5.10 Å². The Labute approximate surface area is 178 Å². The van der Waals surface area contributed by atoms with Crippen LogP contribution in [0.1, 0.15) is 27.3 Å². The summed E-state index contributed by atoms with van der Waals surface area (Å²) in [4.78, 5) is 36.2. The molecule has 0 atom stereocenters. The monoisotopic (exact) mass is 424 g/mol. The number of nitrogens with zero attached hydrogens (tertiary/aromatic N) is 2. The van der Waals surface area contributed by atoms with Crippen molar-refractivity contribution in [3.8, 4) is 0 Å². The Morgan fingerprint density at radius 3 is 2.42 bits per heavy atom. The second-order valence-electron chi connectivity index (χ2n) is 6.75. The number of ether oxygens (including phenoxy) is 1. The van der Waals surface area contributed by atoms with Gasteiger partial charge in [0.15, 0.2) is 6.61 Å². The van der Waals surface area contributed by atoms with E-state index in [-0.39, 0.29) is 11.3 Å². The quantitative estimate of drug-likeness (QED) is 0.592. The lowest BCUT2D eigenvalue weighted by Gasteiger charge is -2.08. The maximum Gasteiger partial charge on any atom is 0.342 e. The molecule has 0 spiro atoms. The van der Waals surface area contributed by atoms with Crippen LogP contribution in [0.4, 0.5) is 14.9 Å². The Kier molecular flexibility index (Phi) is 6.76. The topological polar surface area (TPSA) is 102 Å². The van der Waals surface area contributed by atoms with Gasteiger partial charge in [0, 0.05) is 0 Å². The fraction of sp³-hybridized carbons (Fsp3) is 0.182. The van der Waals surface area contributed by atoms with E-state index in [0.717, 1.165) is 5.56 Å². The van der Waals surface area contributed by atoms with Crippen LogP contribution in [0, 0.1) is 19.7 Å². The summed E-state index contributed by atoms with van der Waals surface area (Å²) in [5.41, 5.74) is 2.27. The molecule has 1 heterocycles. The van der Waals surface area contributed by atoms with Crippen LogP contribution in [0.15, 0.2) is 54.6 Å². The molecule has 2 N–H and O–H groups in total. The Morgan fingerprint density at radius 1 is 1.03 bits per heavy atom. The van der Waals surface area contributed by atoms with Crippen molar-refractivity contribution in [1.29, 1.82) is 0 Å². The highest BCUT2D eigenvalue weighted by molar-refractivity contribution is 6.02. The molecule has 31 heavy (non-hydrogen) atoms. The highest BCUT2D eigenvalue weighted by Gasteiger charge is 2.21. The number of nitrogens with one attached hydrogen (secondary N) is 2. The molecule has 0 saturated heterocycles. The van der Waals surface area contributed by atoms with Crippen LogP contribution in [0.25, 0.3) is 0 Å². The fourth-order valence-corrected chi connectivity index (χ4v) is 2.98. The van der Waals surface area contributed by atoms with Crippen molar-refractivity contribution >= 4 is 23.6 Å². The van der Waals surface area contributed by atoms with Gasteiger partial charge in [-0.05, 0) is 31.5 Å². The fourth-order valence-electron chi connectivity index (χ4n) is 2.98. The molecule has 1 aromatic heterocycles. The predicted molar refractivity (Wildman–Crippen MR) is 111 cm³/mol. The van der Waals surface area contributed by atoms with Crippen molar-refractivity contribution in [2.45, 2.75) is 20.4 Å². The standard InChI is InChI=1S/C22H21FN4O4/c1-14-20(15(2)27(26-14)12-16-8-4-3-5-9-16)21(29)31-13-19(28)25-22(30)24-18-11-7-6-10-17(18)23/h3-11H,12-13H2,1-2H3,(H2,24,25,28,30). The van der Waals surface area contributed by atoms with Crippen molar-refractivity contribution in [1.82, 2.24) is 15.1 Å². The average Bonchev–Trinajstić information content (AvgIpc) is 3.01. The maximum absolute atomic E-state index is 13.5. The largest absolute Gasteiger partial charge is 0.452 e. The lowest BCUT2D eigenvalue weighted by molar-refractivity contribution is -0.123. The van der Waals surface area contributed by atoms with E-state index in [1.165, 1.54) is 24.3 Å². The van der Waals surface area contributed by atoms with E-state index in [4.69, 9.17) is 4.74 Å². The number of urea groups is 1. The second-order valence-corrected chi connectivity index (χ2v) is 6.75. The third-order valence-corrected chi connectivity index (χ3v) is 4.47. The summed E-state index contributed by atoms with van der Waals surface area (Å²) in [6, 6.07) is 14.2. The zero-order chi connectivity index (χ0) is 22.4. The molecule has 0 aliphatic heterocycles. The van der Waals surface area contributed by atoms with Crippen LogP contribution >= 0.6 is 0 Å². The number of hydrogen-bond acceptors (Lipinski definition) is 5. The number of halogens is 1. The first kappa shape index (κ1) is 21.7. The Bertz CT molecular complexity index is 1110. The normalized spacial score (nSPS) is 10.4. The molecule has 8 nitrogen and oxygen atoms in total. The van der Waals surface area contributed by atoms with Crippen molar-refractivity contribution in [2.24, 2.45) is 0 Å². The number of carbonyl (C=O) groups excluding carboxylic acids is 3. The molecule has 3 rings (SSSR count). The number of amides is 3. The van der Waals surface area contributed by atoms with Gasteiger partial charge in [0.05, 0.1) is 23.6 Å². The number of hydrogen-bond donors (Lipinski definition) is 2. The van der Waals surface area contributed by atoms with Crippen molar-refractivity contribution < 1.29 is 23.5 Å². The average molecular weight is 424 g/mol. The summed E-state index contributed by atoms with van der Waals surface area (Å²) in [6.45, 7) is 3.22. The smallest absolute Gasteiger partial charge is 0.342 e. The maximum atomic E-state index is 13.5. The van der Waals surface area contributed by atoms with Crippen LogP contribution < -0.4 is 10.6 Å². The number of benzene rings is 2. The second kappa shape index (κ2) is 9.66. The van der Waals surface area contributed by atoms with Gasteiger partial charge in [-0.15, -0.1) is 0 Å². The first-order valence-corrected chi connectivity index (χ1v) is 9.45. The van der Waals surface area contributed by atoms with Gasteiger partial charge >= 0.3 is 12.0 Å². The molecule has 3 amide bonds. The SMILES string of the molecule is Cc1nn(Cc2ccccc2)c(C)c1C(=O)OCC(=O)NC(=O)Nc1ccccc1F. The summed E-state index contributed by atoms with van der Waals surface area (Å²) < 4.78 is 20.3. The van der Waals surface area contributed by atoms with Crippen molar-refractivity contribution in [2.75, 3.05) is 11.9 Å². The molecule has 0 aliphatic rings. The minimum absolute atomic E-state index is 0.0816. The van der Waals surface area contributed by atoms with E-state index < -0.39 is 30.3 Å². The third-order valence-electron chi connectivity index (χ3n) is 4.47. The minimum Gasteiger partial charge on any atom is -0.452 e. The molecule has 0 radical (unpaired) electrons. The number of rotatable bonds is 6. The number of carbonyl (C=O) groups is 3. The third kappa shape index (κ3) is 5.53. The summed E-state index contributed by atoms with van der Waals surface area (Å²) in [5.74, 6) is -2.22. The molecule has 160 valence electrons. The first-order chi connectivity index (χ1) is 14.8. The van der Waals surface area contributed by atoms with E-state index >= 15 is 0 Å². The van der Waals surface area contributed by atoms with Gasteiger partial charge in [-0.3, -0.25) is 14.8 Å². The first-order valence-electron chi connectivity index (χ1n) is 9.45.